The van der Waals surface area contributed by atoms with Crippen LogP contribution in [0.3, 0.4) is 0 Å². The van der Waals surface area contributed by atoms with Crippen LogP contribution in [0, 0.1) is 12.8 Å². The number of para-hydroxylation sites is 1. The molecule has 1 aromatic carbocycles. The van der Waals surface area contributed by atoms with Gasteiger partial charge in [-0.3, -0.25) is 9.69 Å². The number of thioether (sulfide) groups is 1. The molecule has 37 heavy (non-hydrogen) atoms. The number of nitrogens with zero attached hydrogens (tertiary/aromatic N) is 2. The first-order chi connectivity index (χ1) is 18.0. The zero-order valence-corrected chi connectivity index (χ0v) is 21.6. The van der Waals surface area contributed by atoms with E-state index in [1.54, 1.807) is 6.20 Å². The Morgan fingerprint density at radius 1 is 1.22 bits per heavy atom. The van der Waals surface area contributed by atoms with Crippen molar-refractivity contribution in [3.8, 4) is 11.6 Å². The SMILES string of the molecule is Cc1cc(Oc2ccccc2)ncc1N1C(=O)NC2=C(C(=O)N[C@@H]3CCCC[C@H]3N)SC3NCCC1C23. The molecule has 4 aliphatic rings. The van der Waals surface area contributed by atoms with E-state index in [1.807, 2.05) is 48.2 Å². The Morgan fingerprint density at radius 3 is 2.81 bits per heavy atom. The first-order valence-corrected chi connectivity index (χ1v) is 13.9. The number of urea groups is 1. The van der Waals surface area contributed by atoms with Crippen LogP contribution < -0.4 is 31.3 Å². The molecule has 0 bridgehead atoms. The summed E-state index contributed by atoms with van der Waals surface area (Å²) in [5, 5.41) is 9.80. The molecule has 3 aliphatic heterocycles. The summed E-state index contributed by atoms with van der Waals surface area (Å²) in [7, 11) is 0. The maximum Gasteiger partial charge on any atom is 0.326 e. The summed E-state index contributed by atoms with van der Waals surface area (Å²) in [6, 6.07) is 11.0. The number of amides is 3. The molecule has 194 valence electrons. The summed E-state index contributed by atoms with van der Waals surface area (Å²) in [5.41, 5.74) is 8.65. The van der Waals surface area contributed by atoms with Gasteiger partial charge < -0.3 is 26.4 Å². The maximum atomic E-state index is 13.5. The van der Waals surface area contributed by atoms with Gasteiger partial charge in [-0.1, -0.05) is 42.8 Å². The van der Waals surface area contributed by atoms with Gasteiger partial charge in [-0.25, -0.2) is 9.78 Å². The highest BCUT2D eigenvalue weighted by Crippen LogP contribution is 2.48. The monoisotopic (exact) mass is 520 g/mol. The van der Waals surface area contributed by atoms with E-state index in [0.29, 0.717) is 16.5 Å². The van der Waals surface area contributed by atoms with Crippen LogP contribution in [0.15, 0.2) is 53.2 Å². The number of aryl methyl sites for hydroxylation is 1. The number of hydrogen-bond acceptors (Lipinski definition) is 7. The van der Waals surface area contributed by atoms with Gasteiger partial charge in [0, 0.05) is 29.8 Å². The van der Waals surface area contributed by atoms with E-state index in [-0.39, 0.29) is 41.4 Å². The van der Waals surface area contributed by atoms with Crippen LogP contribution in [-0.2, 0) is 4.79 Å². The van der Waals surface area contributed by atoms with Gasteiger partial charge in [-0.2, -0.15) is 0 Å². The zero-order valence-electron chi connectivity index (χ0n) is 20.8. The number of ether oxygens (including phenoxy) is 1. The lowest BCUT2D eigenvalue weighted by atomic mass is 9.86. The third-order valence-corrected chi connectivity index (χ3v) is 9.12. The number of carbonyl (C=O) groups is 2. The summed E-state index contributed by atoms with van der Waals surface area (Å²) < 4.78 is 5.89. The third-order valence-electron chi connectivity index (χ3n) is 7.77. The van der Waals surface area contributed by atoms with E-state index in [0.717, 1.165) is 55.6 Å². The van der Waals surface area contributed by atoms with Crippen LogP contribution >= 0.6 is 11.8 Å². The van der Waals surface area contributed by atoms with E-state index in [4.69, 9.17) is 10.5 Å². The molecule has 1 saturated carbocycles. The number of pyridine rings is 1. The number of nitrogens with two attached hydrogens (primary N) is 1. The summed E-state index contributed by atoms with van der Waals surface area (Å²) in [6.07, 6.45) is 6.48. The zero-order chi connectivity index (χ0) is 25.5. The molecule has 1 aliphatic carbocycles. The van der Waals surface area contributed by atoms with Crippen LogP contribution in [0.5, 0.6) is 11.6 Å². The quantitative estimate of drug-likeness (QED) is 0.477. The molecule has 9 nitrogen and oxygen atoms in total. The summed E-state index contributed by atoms with van der Waals surface area (Å²) in [6.45, 7) is 2.72. The molecular weight excluding hydrogens is 488 g/mol. The highest BCUT2D eigenvalue weighted by molar-refractivity contribution is 8.04. The van der Waals surface area contributed by atoms with Gasteiger partial charge >= 0.3 is 6.03 Å². The minimum atomic E-state index is -0.235. The largest absolute Gasteiger partial charge is 0.439 e. The van der Waals surface area contributed by atoms with Gasteiger partial charge in [0.2, 0.25) is 5.88 Å². The average Bonchev–Trinajstić information content (AvgIpc) is 3.26. The predicted octanol–water partition coefficient (Wildman–Crippen LogP) is 3.36. The van der Waals surface area contributed by atoms with Crippen LogP contribution in [0.2, 0.25) is 0 Å². The van der Waals surface area contributed by atoms with Gasteiger partial charge in [0.25, 0.3) is 5.91 Å². The minimum Gasteiger partial charge on any atom is -0.439 e. The lowest BCUT2D eigenvalue weighted by molar-refractivity contribution is -0.117. The predicted molar refractivity (Wildman–Crippen MR) is 143 cm³/mol. The number of hydrogen-bond donors (Lipinski definition) is 4. The molecule has 1 aromatic heterocycles. The Hall–Kier alpha value is -3.08. The van der Waals surface area contributed by atoms with Crippen molar-refractivity contribution in [2.45, 2.75) is 62.5 Å². The fourth-order valence-electron chi connectivity index (χ4n) is 5.92. The second-order valence-electron chi connectivity index (χ2n) is 10.2. The van der Waals surface area contributed by atoms with Gasteiger partial charge in [-0.05, 0) is 50.4 Å². The second kappa shape index (κ2) is 10.00. The molecule has 0 spiro atoms. The van der Waals surface area contributed by atoms with Crippen molar-refractivity contribution in [1.29, 1.82) is 0 Å². The van der Waals surface area contributed by atoms with Crippen LogP contribution in [0.1, 0.15) is 37.7 Å². The molecule has 0 radical (unpaired) electrons. The van der Waals surface area contributed by atoms with Crippen LogP contribution in [0.25, 0.3) is 0 Å². The van der Waals surface area contributed by atoms with Gasteiger partial charge in [0.05, 0.1) is 28.2 Å². The molecular formula is C27H32N6O3S. The second-order valence-corrected chi connectivity index (χ2v) is 11.3. The Labute approximate surface area is 220 Å². The molecule has 3 unspecified atom stereocenters. The van der Waals surface area contributed by atoms with Gasteiger partial charge in [-0.15, -0.1) is 0 Å². The van der Waals surface area contributed by atoms with E-state index >= 15 is 0 Å². The van der Waals surface area contributed by atoms with Gasteiger partial charge in [0.1, 0.15) is 5.75 Å². The third kappa shape index (κ3) is 4.58. The van der Waals surface area contributed by atoms with Crippen molar-refractivity contribution in [2.24, 2.45) is 11.7 Å². The average molecular weight is 521 g/mol. The highest BCUT2D eigenvalue weighted by atomic mass is 32.2. The fraction of sp³-hybridized carbons (Fsp3) is 0.444. The minimum absolute atomic E-state index is 0.0168. The lowest BCUT2D eigenvalue weighted by Crippen LogP contribution is -2.62. The molecule has 5 N–H and O–H groups in total. The number of nitrogens with one attached hydrogen (secondary N) is 3. The van der Waals surface area contributed by atoms with Crippen molar-refractivity contribution in [2.75, 3.05) is 11.4 Å². The first kappa shape index (κ1) is 24.3. The Bertz CT molecular complexity index is 1240. The molecule has 6 rings (SSSR count). The number of carbonyl (C=O) groups excluding carboxylic acids is 2. The molecule has 5 atom stereocenters. The van der Waals surface area contributed by atoms with Crippen LogP contribution in [-0.4, -0.2) is 47.0 Å². The van der Waals surface area contributed by atoms with Gasteiger partial charge in [0.15, 0.2) is 0 Å². The van der Waals surface area contributed by atoms with E-state index in [9.17, 15) is 9.59 Å². The summed E-state index contributed by atoms with van der Waals surface area (Å²) in [4.78, 5) is 33.8. The highest BCUT2D eigenvalue weighted by Gasteiger charge is 2.52. The standard InChI is InChI=1S/C27H32N6O3S/c1-15-13-21(36-16-7-3-2-4-8-16)30-14-20(15)33-19-11-12-29-26-22(19)23(32-27(33)35)24(37-26)25(34)31-18-10-6-5-9-17(18)28/h2-4,7-8,13-14,17-19,22,26,29H,5-6,9-12,28H2,1H3,(H,31,34)(H,32,35)/t17-,18-,19?,22?,26?/m1/s1. The number of piperidine rings is 1. The molecule has 4 heterocycles. The van der Waals surface area contributed by atoms with Crippen molar-refractivity contribution in [1.82, 2.24) is 20.9 Å². The van der Waals surface area contributed by atoms with Crippen molar-refractivity contribution in [3.63, 3.8) is 0 Å². The number of rotatable bonds is 5. The molecule has 10 heteroatoms. The smallest absolute Gasteiger partial charge is 0.326 e. The number of benzene rings is 1. The van der Waals surface area contributed by atoms with Crippen LogP contribution in [0.4, 0.5) is 10.5 Å². The Kier molecular flexibility index (Phi) is 6.56. The topological polar surface area (TPSA) is 122 Å². The van der Waals surface area contributed by atoms with E-state index < -0.39 is 0 Å². The van der Waals surface area contributed by atoms with Crippen molar-refractivity contribution < 1.29 is 14.3 Å². The van der Waals surface area contributed by atoms with E-state index in [1.165, 1.54) is 11.8 Å². The normalized spacial score (nSPS) is 29.0. The van der Waals surface area contributed by atoms with E-state index in [2.05, 4.69) is 20.9 Å². The fourth-order valence-corrected chi connectivity index (χ4v) is 7.31. The lowest BCUT2D eigenvalue weighted by Gasteiger charge is -2.46. The Balaban J connectivity index is 1.25. The molecule has 3 amide bonds. The summed E-state index contributed by atoms with van der Waals surface area (Å²) in [5.74, 6) is 1.03. The summed E-state index contributed by atoms with van der Waals surface area (Å²) >= 11 is 1.51. The van der Waals surface area contributed by atoms with Crippen molar-refractivity contribution >= 4 is 29.4 Å². The molecule has 2 saturated heterocycles. The Morgan fingerprint density at radius 2 is 2.03 bits per heavy atom. The number of aromatic nitrogens is 1. The first-order valence-electron chi connectivity index (χ1n) is 13.0. The van der Waals surface area contributed by atoms with Crippen molar-refractivity contribution in [3.05, 3.63) is 58.8 Å². The molecule has 2 aromatic rings. The maximum absolute atomic E-state index is 13.5. The molecule has 3 fully saturated rings. The number of anilines is 1.